The summed E-state index contributed by atoms with van der Waals surface area (Å²) in [4.78, 5) is 23.3. The predicted octanol–water partition coefficient (Wildman–Crippen LogP) is 3.02. The van der Waals surface area contributed by atoms with Gasteiger partial charge in [0.15, 0.2) is 0 Å². The molecule has 116 valence electrons. The molecule has 1 aromatic heterocycles. The Kier molecular flexibility index (Phi) is 4.65. The maximum absolute atomic E-state index is 12.2. The normalized spacial score (nSPS) is 10.7. The zero-order chi connectivity index (χ0) is 16.3. The zero-order valence-electron chi connectivity index (χ0n) is 12.9. The fraction of sp³-hybridized carbons (Fsp3) is 0.294. The van der Waals surface area contributed by atoms with Crippen molar-refractivity contribution in [2.45, 2.75) is 33.4 Å². The lowest BCUT2D eigenvalue weighted by Crippen LogP contribution is -2.26. The van der Waals surface area contributed by atoms with E-state index in [4.69, 9.17) is 9.84 Å². The van der Waals surface area contributed by atoms with E-state index in [1.807, 2.05) is 45.0 Å². The molecule has 0 saturated carbocycles. The molecule has 1 N–H and O–H groups in total. The molecule has 2 rings (SSSR count). The zero-order valence-corrected chi connectivity index (χ0v) is 12.9. The number of ether oxygens (including phenoxy) is 1. The molecule has 1 heterocycles. The van der Waals surface area contributed by atoms with Crippen LogP contribution in [-0.4, -0.2) is 21.7 Å². The minimum Gasteiger partial charge on any atom is -0.491 e. The van der Waals surface area contributed by atoms with Gasteiger partial charge in [0, 0.05) is 12.1 Å². The molecule has 0 bridgehead atoms. The Bertz CT molecular complexity index is 747. The van der Waals surface area contributed by atoms with E-state index in [1.165, 1.54) is 10.6 Å². The third kappa shape index (κ3) is 3.19. The first-order chi connectivity index (χ1) is 10.4. The van der Waals surface area contributed by atoms with Crippen LogP contribution < -0.4 is 10.3 Å². The number of carbonyl (C=O) groups is 1. The summed E-state index contributed by atoms with van der Waals surface area (Å²) in [5.74, 6) is -0.499. The molecule has 0 aliphatic heterocycles. The van der Waals surface area contributed by atoms with E-state index < -0.39 is 11.5 Å². The highest BCUT2D eigenvalue weighted by Gasteiger charge is 2.14. The molecule has 0 fully saturated rings. The van der Waals surface area contributed by atoms with E-state index in [0.29, 0.717) is 18.0 Å². The third-order valence-corrected chi connectivity index (χ3v) is 3.22. The average molecular weight is 301 g/mol. The summed E-state index contributed by atoms with van der Waals surface area (Å²) >= 11 is 0. The van der Waals surface area contributed by atoms with Gasteiger partial charge in [-0.2, -0.15) is 0 Å². The van der Waals surface area contributed by atoms with Gasteiger partial charge in [0.1, 0.15) is 11.3 Å². The number of pyridine rings is 1. The van der Waals surface area contributed by atoms with Gasteiger partial charge in [-0.3, -0.25) is 4.79 Å². The number of aromatic nitrogens is 1. The molecule has 0 atom stereocenters. The lowest BCUT2D eigenvalue weighted by atomic mass is 10.1. The molecule has 0 aliphatic rings. The van der Waals surface area contributed by atoms with E-state index in [0.717, 1.165) is 5.56 Å². The molecule has 0 radical (unpaired) electrons. The van der Waals surface area contributed by atoms with Crippen LogP contribution in [0.3, 0.4) is 0 Å². The number of benzene rings is 1. The largest absolute Gasteiger partial charge is 0.491 e. The van der Waals surface area contributed by atoms with Crippen molar-refractivity contribution in [1.29, 1.82) is 0 Å². The molecule has 1 aromatic carbocycles. The quantitative estimate of drug-likeness (QED) is 0.921. The summed E-state index contributed by atoms with van der Waals surface area (Å²) in [7, 11) is 0. The Morgan fingerprint density at radius 3 is 2.59 bits per heavy atom. The summed E-state index contributed by atoms with van der Waals surface area (Å²) in [6.07, 6.45) is 0.0537. The highest BCUT2D eigenvalue weighted by molar-refractivity contribution is 5.87. The summed E-state index contributed by atoms with van der Waals surface area (Å²) < 4.78 is 7.12. The molecule has 0 unspecified atom stereocenters. The van der Waals surface area contributed by atoms with Crippen molar-refractivity contribution in [2.75, 3.05) is 0 Å². The summed E-state index contributed by atoms with van der Waals surface area (Å²) in [6.45, 7) is 6.09. The number of carboxylic acids is 1. The van der Waals surface area contributed by atoms with Crippen molar-refractivity contribution in [1.82, 2.24) is 4.57 Å². The van der Waals surface area contributed by atoms with Crippen molar-refractivity contribution >= 4 is 5.97 Å². The van der Waals surface area contributed by atoms with E-state index in [2.05, 4.69) is 0 Å². The van der Waals surface area contributed by atoms with Gasteiger partial charge in [-0.05, 0) is 45.0 Å². The second-order valence-electron chi connectivity index (χ2n) is 5.18. The molecule has 0 amide bonds. The molecular formula is C17H19NO4. The summed E-state index contributed by atoms with van der Waals surface area (Å²) in [6, 6.07) is 10.4. The summed E-state index contributed by atoms with van der Waals surface area (Å²) in [5, 5.41) is 9.06. The fourth-order valence-electron chi connectivity index (χ4n) is 2.31. The number of aromatic carboxylic acids is 1. The fourth-order valence-corrected chi connectivity index (χ4v) is 2.31. The highest BCUT2D eigenvalue weighted by Crippen LogP contribution is 2.24. The van der Waals surface area contributed by atoms with Gasteiger partial charge >= 0.3 is 5.97 Å². The molecule has 22 heavy (non-hydrogen) atoms. The van der Waals surface area contributed by atoms with Crippen molar-refractivity contribution in [3.8, 4) is 17.0 Å². The van der Waals surface area contributed by atoms with Crippen LogP contribution in [-0.2, 0) is 6.54 Å². The topological polar surface area (TPSA) is 68.5 Å². The summed E-state index contributed by atoms with van der Waals surface area (Å²) in [5.41, 5.74) is 0.767. The Balaban J connectivity index is 2.56. The van der Waals surface area contributed by atoms with Gasteiger partial charge < -0.3 is 14.4 Å². The molecule has 0 aliphatic carbocycles. The van der Waals surface area contributed by atoms with E-state index in [-0.39, 0.29) is 11.7 Å². The van der Waals surface area contributed by atoms with Gasteiger partial charge in [0.2, 0.25) is 0 Å². The second-order valence-corrected chi connectivity index (χ2v) is 5.18. The van der Waals surface area contributed by atoms with Gasteiger partial charge in [-0.15, -0.1) is 0 Å². The minimum absolute atomic E-state index is 0.0537. The number of hydrogen-bond acceptors (Lipinski definition) is 3. The van der Waals surface area contributed by atoms with Crippen LogP contribution in [0.15, 0.2) is 41.2 Å². The molecule has 0 saturated heterocycles. The standard InChI is InChI=1S/C17H19NO4/c1-4-18-15(9-8-14(16(18)19)17(20)21)12-6-5-7-13(10-12)22-11(2)3/h5-11H,4H2,1-3H3,(H,20,21). The first-order valence-electron chi connectivity index (χ1n) is 7.18. The van der Waals surface area contributed by atoms with Gasteiger partial charge in [-0.1, -0.05) is 12.1 Å². The predicted molar refractivity (Wildman–Crippen MR) is 84.5 cm³/mol. The average Bonchev–Trinajstić information content (AvgIpc) is 2.46. The minimum atomic E-state index is -1.21. The maximum Gasteiger partial charge on any atom is 0.341 e. The van der Waals surface area contributed by atoms with Crippen LogP contribution in [0.5, 0.6) is 5.75 Å². The number of hydrogen-bond donors (Lipinski definition) is 1. The first kappa shape index (κ1) is 15.8. The van der Waals surface area contributed by atoms with Crippen LogP contribution in [0.1, 0.15) is 31.1 Å². The lowest BCUT2D eigenvalue weighted by Gasteiger charge is -2.14. The van der Waals surface area contributed by atoms with Crippen LogP contribution in [0.2, 0.25) is 0 Å². The van der Waals surface area contributed by atoms with Crippen molar-refractivity contribution in [3.63, 3.8) is 0 Å². The molecule has 2 aromatic rings. The molecular weight excluding hydrogens is 282 g/mol. The van der Waals surface area contributed by atoms with Crippen LogP contribution in [0, 0.1) is 0 Å². The molecule has 0 spiro atoms. The van der Waals surface area contributed by atoms with Gasteiger partial charge in [0.25, 0.3) is 5.56 Å². The van der Waals surface area contributed by atoms with Crippen LogP contribution in [0.25, 0.3) is 11.3 Å². The SMILES string of the molecule is CCn1c(-c2cccc(OC(C)C)c2)ccc(C(=O)O)c1=O. The highest BCUT2D eigenvalue weighted by atomic mass is 16.5. The lowest BCUT2D eigenvalue weighted by molar-refractivity contribution is 0.0694. The number of carboxylic acid groups (broad SMARTS) is 1. The number of nitrogens with zero attached hydrogens (tertiary/aromatic N) is 1. The Morgan fingerprint density at radius 1 is 1.27 bits per heavy atom. The maximum atomic E-state index is 12.2. The third-order valence-electron chi connectivity index (χ3n) is 3.22. The Hall–Kier alpha value is -2.56. The van der Waals surface area contributed by atoms with E-state index in [1.54, 1.807) is 6.07 Å². The van der Waals surface area contributed by atoms with Crippen LogP contribution in [0.4, 0.5) is 0 Å². The monoisotopic (exact) mass is 301 g/mol. The van der Waals surface area contributed by atoms with Gasteiger partial charge in [0.05, 0.1) is 11.8 Å². The van der Waals surface area contributed by atoms with Gasteiger partial charge in [-0.25, -0.2) is 4.79 Å². The smallest absolute Gasteiger partial charge is 0.341 e. The van der Waals surface area contributed by atoms with E-state index >= 15 is 0 Å². The Labute approximate surface area is 128 Å². The van der Waals surface area contributed by atoms with Crippen molar-refractivity contribution < 1.29 is 14.6 Å². The number of rotatable bonds is 5. The van der Waals surface area contributed by atoms with Crippen molar-refractivity contribution in [2.24, 2.45) is 0 Å². The van der Waals surface area contributed by atoms with E-state index in [9.17, 15) is 9.59 Å². The molecule has 5 heteroatoms. The van der Waals surface area contributed by atoms with Crippen molar-refractivity contribution in [3.05, 3.63) is 52.3 Å². The van der Waals surface area contributed by atoms with Crippen LogP contribution >= 0.6 is 0 Å². The second kappa shape index (κ2) is 6.47. The Morgan fingerprint density at radius 2 is 2.00 bits per heavy atom. The molecule has 5 nitrogen and oxygen atoms in total. The first-order valence-corrected chi connectivity index (χ1v) is 7.18.